The second-order valence-corrected chi connectivity index (χ2v) is 2.87. The molecular formula is C11H14NO2+. The molecule has 0 N–H and O–H groups in total. The number of nitrogens with zero attached hydrogens (tertiary/aromatic N) is 1. The van der Waals surface area contributed by atoms with Crippen LogP contribution in [-0.2, 0) is 16.1 Å². The standard InChI is InChI=1S/C11H14NO2/c1-3-14-11(13)10(2)9-12-7-5-4-6-8-12/h4-8H,2-3,9H2,1H3/q+1. The monoisotopic (exact) mass is 192 g/mol. The molecule has 74 valence electrons. The highest BCUT2D eigenvalue weighted by Gasteiger charge is 2.11. The number of pyridine rings is 1. The summed E-state index contributed by atoms with van der Waals surface area (Å²) in [6.45, 7) is 6.31. The van der Waals surface area contributed by atoms with Crippen molar-refractivity contribution in [1.29, 1.82) is 0 Å². The summed E-state index contributed by atoms with van der Waals surface area (Å²) in [5.41, 5.74) is 0.461. The molecule has 1 aromatic rings. The zero-order valence-corrected chi connectivity index (χ0v) is 8.27. The predicted molar refractivity (Wildman–Crippen MR) is 52.4 cm³/mol. The summed E-state index contributed by atoms with van der Waals surface area (Å²) in [7, 11) is 0. The van der Waals surface area contributed by atoms with E-state index in [0.717, 1.165) is 0 Å². The molecule has 14 heavy (non-hydrogen) atoms. The quantitative estimate of drug-likeness (QED) is 0.406. The van der Waals surface area contributed by atoms with E-state index in [-0.39, 0.29) is 5.97 Å². The molecule has 0 aromatic carbocycles. The van der Waals surface area contributed by atoms with Crippen LogP contribution < -0.4 is 4.57 Å². The summed E-state index contributed by atoms with van der Waals surface area (Å²) in [6, 6.07) is 5.72. The van der Waals surface area contributed by atoms with Crippen molar-refractivity contribution in [1.82, 2.24) is 0 Å². The minimum absolute atomic E-state index is 0.330. The predicted octanol–water partition coefficient (Wildman–Crippen LogP) is 1.09. The molecule has 0 bridgehead atoms. The van der Waals surface area contributed by atoms with Crippen LogP contribution in [0.5, 0.6) is 0 Å². The number of aromatic nitrogens is 1. The first-order valence-corrected chi connectivity index (χ1v) is 4.53. The lowest BCUT2D eigenvalue weighted by Gasteiger charge is -2.01. The molecule has 0 aliphatic rings. The first-order chi connectivity index (χ1) is 6.74. The molecule has 0 unspecified atom stereocenters. The van der Waals surface area contributed by atoms with Crippen molar-refractivity contribution >= 4 is 5.97 Å². The van der Waals surface area contributed by atoms with Crippen molar-refractivity contribution in [3.63, 3.8) is 0 Å². The van der Waals surface area contributed by atoms with E-state index in [4.69, 9.17) is 4.74 Å². The Balaban J connectivity index is 2.53. The normalized spacial score (nSPS) is 9.50. The number of carbonyl (C=O) groups excluding carboxylic acids is 1. The second kappa shape index (κ2) is 5.17. The van der Waals surface area contributed by atoms with Crippen molar-refractivity contribution in [2.75, 3.05) is 6.61 Å². The van der Waals surface area contributed by atoms with E-state index < -0.39 is 0 Å². The van der Waals surface area contributed by atoms with Gasteiger partial charge in [0.2, 0.25) is 0 Å². The first kappa shape index (κ1) is 10.4. The average Bonchev–Trinajstić information content (AvgIpc) is 2.19. The molecule has 1 rings (SSSR count). The van der Waals surface area contributed by atoms with E-state index >= 15 is 0 Å². The minimum Gasteiger partial charge on any atom is -0.462 e. The molecule has 0 aliphatic heterocycles. The van der Waals surface area contributed by atoms with Gasteiger partial charge in [0, 0.05) is 12.1 Å². The molecule has 0 saturated carbocycles. The van der Waals surface area contributed by atoms with Crippen LogP contribution in [0.15, 0.2) is 42.7 Å². The lowest BCUT2D eigenvalue weighted by atomic mass is 10.3. The van der Waals surface area contributed by atoms with E-state index in [1.54, 1.807) is 6.92 Å². The maximum atomic E-state index is 11.2. The molecular weight excluding hydrogens is 178 g/mol. The van der Waals surface area contributed by atoms with Gasteiger partial charge in [0.05, 0.1) is 12.2 Å². The summed E-state index contributed by atoms with van der Waals surface area (Å²) in [4.78, 5) is 11.2. The number of hydrogen-bond acceptors (Lipinski definition) is 2. The van der Waals surface area contributed by atoms with Crippen LogP contribution in [0, 0.1) is 0 Å². The van der Waals surface area contributed by atoms with Gasteiger partial charge < -0.3 is 4.74 Å². The second-order valence-electron chi connectivity index (χ2n) is 2.87. The van der Waals surface area contributed by atoms with Crippen LogP contribution in [0.4, 0.5) is 0 Å². The van der Waals surface area contributed by atoms with Crippen LogP contribution in [0.3, 0.4) is 0 Å². The van der Waals surface area contributed by atoms with E-state index in [1.165, 1.54) is 0 Å². The van der Waals surface area contributed by atoms with Crippen molar-refractivity contribution < 1.29 is 14.1 Å². The molecule has 1 aromatic heterocycles. The van der Waals surface area contributed by atoms with Crippen LogP contribution in [0.2, 0.25) is 0 Å². The Morgan fingerprint density at radius 3 is 2.57 bits per heavy atom. The summed E-state index contributed by atoms with van der Waals surface area (Å²) >= 11 is 0. The first-order valence-electron chi connectivity index (χ1n) is 4.53. The molecule has 0 fully saturated rings. The highest BCUT2D eigenvalue weighted by atomic mass is 16.5. The van der Waals surface area contributed by atoms with Crippen molar-refractivity contribution in [3.05, 3.63) is 42.7 Å². The van der Waals surface area contributed by atoms with Gasteiger partial charge in [0.25, 0.3) is 0 Å². The van der Waals surface area contributed by atoms with Crippen LogP contribution in [0.1, 0.15) is 6.92 Å². The van der Waals surface area contributed by atoms with Crippen LogP contribution in [-0.4, -0.2) is 12.6 Å². The molecule has 3 nitrogen and oxygen atoms in total. The van der Waals surface area contributed by atoms with Gasteiger partial charge in [-0.1, -0.05) is 12.6 Å². The maximum absolute atomic E-state index is 11.2. The fourth-order valence-electron chi connectivity index (χ4n) is 1.06. The highest BCUT2D eigenvalue weighted by Crippen LogP contribution is 1.94. The molecule has 0 aliphatic carbocycles. The Hall–Kier alpha value is -1.64. The third-order valence-electron chi connectivity index (χ3n) is 1.71. The Morgan fingerprint density at radius 1 is 1.36 bits per heavy atom. The Morgan fingerprint density at radius 2 is 2.00 bits per heavy atom. The smallest absolute Gasteiger partial charge is 0.339 e. The van der Waals surface area contributed by atoms with Gasteiger partial charge in [-0.3, -0.25) is 0 Å². The molecule has 1 heterocycles. The van der Waals surface area contributed by atoms with Gasteiger partial charge in [-0.2, -0.15) is 0 Å². The molecule has 0 saturated heterocycles. The number of hydrogen-bond donors (Lipinski definition) is 0. The SMILES string of the molecule is C=C(C[n+]1ccccc1)C(=O)OCC. The Kier molecular flexibility index (Phi) is 3.85. The van der Waals surface area contributed by atoms with E-state index in [1.807, 2.05) is 35.2 Å². The minimum atomic E-state index is -0.330. The zero-order valence-electron chi connectivity index (χ0n) is 8.27. The molecule has 3 heteroatoms. The van der Waals surface area contributed by atoms with Gasteiger partial charge in [0.1, 0.15) is 0 Å². The summed E-state index contributed by atoms with van der Waals surface area (Å²) in [6.07, 6.45) is 3.76. The van der Waals surface area contributed by atoms with E-state index in [9.17, 15) is 4.79 Å². The Labute approximate surface area is 83.6 Å². The third-order valence-corrected chi connectivity index (χ3v) is 1.71. The van der Waals surface area contributed by atoms with Crippen LogP contribution in [0.25, 0.3) is 0 Å². The fraction of sp³-hybridized carbons (Fsp3) is 0.273. The van der Waals surface area contributed by atoms with Gasteiger partial charge in [-0.25, -0.2) is 9.36 Å². The van der Waals surface area contributed by atoms with E-state index in [0.29, 0.717) is 18.7 Å². The van der Waals surface area contributed by atoms with E-state index in [2.05, 4.69) is 6.58 Å². The lowest BCUT2D eigenvalue weighted by molar-refractivity contribution is -0.688. The van der Waals surface area contributed by atoms with Crippen molar-refractivity contribution in [2.45, 2.75) is 13.5 Å². The summed E-state index contributed by atoms with van der Waals surface area (Å²) < 4.78 is 6.70. The number of ether oxygens (including phenoxy) is 1. The Bertz CT molecular complexity index is 319. The van der Waals surface area contributed by atoms with Gasteiger partial charge in [-0.05, 0) is 6.92 Å². The van der Waals surface area contributed by atoms with Gasteiger partial charge in [-0.15, -0.1) is 0 Å². The number of carbonyl (C=O) groups is 1. The van der Waals surface area contributed by atoms with Crippen molar-refractivity contribution in [3.8, 4) is 0 Å². The summed E-state index contributed by atoms with van der Waals surface area (Å²) in [5.74, 6) is -0.330. The molecule has 0 radical (unpaired) electrons. The largest absolute Gasteiger partial charge is 0.462 e. The van der Waals surface area contributed by atoms with Gasteiger partial charge in [0.15, 0.2) is 18.9 Å². The summed E-state index contributed by atoms with van der Waals surface area (Å²) in [5, 5.41) is 0. The fourth-order valence-corrected chi connectivity index (χ4v) is 1.06. The topological polar surface area (TPSA) is 30.2 Å². The number of esters is 1. The maximum Gasteiger partial charge on any atom is 0.339 e. The number of rotatable bonds is 4. The molecule has 0 atom stereocenters. The van der Waals surface area contributed by atoms with Crippen LogP contribution >= 0.6 is 0 Å². The third kappa shape index (κ3) is 3.01. The average molecular weight is 192 g/mol. The molecule has 0 spiro atoms. The van der Waals surface area contributed by atoms with Crippen molar-refractivity contribution in [2.24, 2.45) is 0 Å². The zero-order chi connectivity index (χ0) is 10.4. The van der Waals surface area contributed by atoms with Gasteiger partial charge >= 0.3 is 5.97 Å². The lowest BCUT2D eigenvalue weighted by Crippen LogP contribution is -2.35. The highest BCUT2D eigenvalue weighted by molar-refractivity contribution is 5.87. The molecule has 0 amide bonds.